The molecular weight excluding hydrogens is 362 g/mol. The van der Waals surface area contributed by atoms with Crippen LogP contribution in [0.1, 0.15) is 41.5 Å². The summed E-state index contributed by atoms with van der Waals surface area (Å²) < 4.78 is 7.58. The van der Waals surface area contributed by atoms with Crippen molar-refractivity contribution in [3.05, 3.63) is 82.6 Å². The van der Waals surface area contributed by atoms with E-state index in [1.165, 1.54) is 0 Å². The average molecular weight is 384 g/mol. The molecule has 0 radical (unpaired) electrons. The maximum absolute atomic E-state index is 12.6. The van der Waals surface area contributed by atoms with Gasteiger partial charge in [0.15, 0.2) is 0 Å². The third-order valence-electron chi connectivity index (χ3n) is 4.17. The van der Waals surface area contributed by atoms with Crippen molar-refractivity contribution in [2.75, 3.05) is 0 Å². The monoisotopic (exact) mass is 383 g/mol. The lowest BCUT2D eigenvalue weighted by atomic mass is 10.1. The van der Waals surface area contributed by atoms with E-state index in [2.05, 4.69) is 10.4 Å². The molecule has 140 valence electrons. The molecule has 5 nitrogen and oxygen atoms in total. The number of rotatable bonds is 7. The maximum atomic E-state index is 12.6. The molecular formula is C21H22ClN3O2. The minimum absolute atomic E-state index is 0.141. The van der Waals surface area contributed by atoms with Crippen LogP contribution in [-0.4, -0.2) is 15.7 Å². The lowest BCUT2D eigenvalue weighted by Gasteiger charge is -2.13. The molecule has 1 unspecified atom stereocenters. The number of aromatic nitrogens is 2. The SMILES string of the molecule is CCn1ccc(C(C)NC(=O)c2cccc(COc3cccc(Cl)c3)c2)n1. The van der Waals surface area contributed by atoms with E-state index in [0.717, 1.165) is 17.8 Å². The van der Waals surface area contributed by atoms with Crippen LogP contribution >= 0.6 is 11.6 Å². The van der Waals surface area contributed by atoms with Crippen LogP contribution in [0.3, 0.4) is 0 Å². The minimum atomic E-state index is -0.170. The lowest BCUT2D eigenvalue weighted by Crippen LogP contribution is -2.27. The molecule has 1 heterocycles. The fourth-order valence-electron chi connectivity index (χ4n) is 2.66. The van der Waals surface area contributed by atoms with Gasteiger partial charge in [-0.2, -0.15) is 5.10 Å². The molecule has 3 rings (SSSR count). The Labute approximate surface area is 163 Å². The van der Waals surface area contributed by atoms with Crippen LogP contribution in [0.2, 0.25) is 5.02 Å². The fraction of sp³-hybridized carbons (Fsp3) is 0.238. The molecule has 0 aliphatic rings. The number of halogens is 1. The Morgan fingerprint density at radius 2 is 2.04 bits per heavy atom. The average Bonchev–Trinajstić information content (AvgIpc) is 3.16. The number of ether oxygens (including phenoxy) is 1. The molecule has 1 aromatic heterocycles. The van der Waals surface area contributed by atoms with Gasteiger partial charge in [-0.1, -0.05) is 29.8 Å². The molecule has 1 amide bonds. The first-order chi connectivity index (χ1) is 13.0. The Morgan fingerprint density at radius 3 is 2.78 bits per heavy atom. The van der Waals surface area contributed by atoms with Gasteiger partial charge in [-0.3, -0.25) is 9.48 Å². The highest BCUT2D eigenvalue weighted by atomic mass is 35.5. The van der Waals surface area contributed by atoms with Gasteiger partial charge in [0.25, 0.3) is 5.91 Å². The van der Waals surface area contributed by atoms with Crippen LogP contribution in [0.15, 0.2) is 60.8 Å². The molecule has 1 atom stereocenters. The van der Waals surface area contributed by atoms with E-state index in [9.17, 15) is 4.79 Å². The van der Waals surface area contributed by atoms with Gasteiger partial charge in [0.2, 0.25) is 0 Å². The molecule has 0 bridgehead atoms. The number of benzene rings is 2. The number of hydrogen-bond acceptors (Lipinski definition) is 3. The number of nitrogens with one attached hydrogen (secondary N) is 1. The summed E-state index contributed by atoms with van der Waals surface area (Å²) in [6, 6.07) is 16.4. The van der Waals surface area contributed by atoms with Crippen LogP contribution in [0.25, 0.3) is 0 Å². The zero-order valence-electron chi connectivity index (χ0n) is 15.4. The first kappa shape index (κ1) is 19.0. The molecule has 6 heteroatoms. The lowest BCUT2D eigenvalue weighted by molar-refractivity contribution is 0.0939. The second-order valence-electron chi connectivity index (χ2n) is 6.24. The summed E-state index contributed by atoms with van der Waals surface area (Å²) in [6.45, 7) is 5.11. The Kier molecular flexibility index (Phi) is 6.14. The summed E-state index contributed by atoms with van der Waals surface area (Å²) in [7, 11) is 0. The maximum Gasteiger partial charge on any atom is 0.251 e. The highest BCUT2D eigenvalue weighted by Crippen LogP contribution is 2.19. The van der Waals surface area contributed by atoms with Gasteiger partial charge in [-0.25, -0.2) is 0 Å². The number of nitrogens with zero attached hydrogens (tertiary/aromatic N) is 2. The first-order valence-corrected chi connectivity index (χ1v) is 9.24. The van der Waals surface area contributed by atoms with Gasteiger partial charge in [0, 0.05) is 23.3 Å². The van der Waals surface area contributed by atoms with Gasteiger partial charge < -0.3 is 10.1 Å². The van der Waals surface area contributed by atoms with Gasteiger partial charge >= 0.3 is 0 Å². The highest BCUT2D eigenvalue weighted by Gasteiger charge is 2.14. The number of aryl methyl sites for hydroxylation is 1. The predicted molar refractivity (Wildman–Crippen MR) is 106 cm³/mol. The van der Waals surface area contributed by atoms with E-state index in [-0.39, 0.29) is 11.9 Å². The third kappa shape index (κ3) is 5.11. The van der Waals surface area contributed by atoms with E-state index in [1.807, 2.05) is 61.1 Å². The number of carbonyl (C=O) groups excluding carboxylic acids is 1. The van der Waals surface area contributed by atoms with Crippen LogP contribution < -0.4 is 10.1 Å². The van der Waals surface area contributed by atoms with Crippen molar-refractivity contribution in [3.8, 4) is 5.75 Å². The normalized spacial score (nSPS) is 11.8. The fourth-order valence-corrected chi connectivity index (χ4v) is 2.84. The van der Waals surface area contributed by atoms with Crippen LogP contribution in [0, 0.1) is 0 Å². The van der Waals surface area contributed by atoms with Crippen molar-refractivity contribution in [3.63, 3.8) is 0 Å². The molecule has 1 N–H and O–H groups in total. The van der Waals surface area contributed by atoms with Gasteiger partial charge in [0.05, 0.1) is 11.7 Å². The number of amides is 1. The summed E-state index contributed by atoms with van der Waals surface area (Å²) >= 11 is 5.96. The van der Waals surface area contributed by atoms with Crippen LogP contribution in [-0.2, 0) is 13.2 Å². The molecule has 0 saturated carbocycles. The van der Waals surface area contributed by atoms with Crippen molar-refractivity contribution in [2.45, 2.75) is 33.0 Å². The zero-order chi connectivity index (χ0) is 19.2. The minimum Gasteiger partial charge on any atom is -0.489 e. The van der Waals surface area contributed by atoms with Gasteiger partial charge in [0.1, 0.15) is 12.4 Å². The second kappa shape index (κ2) is 8.73. The number of hydrogen-bond donors (Lipinski definition) is 1. The highest BCUT2D eigenvalue weighted by molar-refractivity contribution is 6.30. The topological polar surface area (TPSA) is 56.2 Å². The molecule has 0 aliphatic carbocycles. The summed E-state index contributed by atoms with van der Waals surface area (Å²) in [5.41, 5.74) is 2.33. The van der Waals surface area contributed by atoms with Crippen LogP contribution in [0.5, 0.6) is 5.75 Å². The zero-order valence-corrected chi connectivity index (χ0v) is 16.1. The summed E-state index contributed by atoms with van der Waals surface area (Å²) in [4.78, 5) is 12.6. The quantitative estimate of drug-likeness (QED) is 0.647. The van der Waals surface area contributed by atoms with Crippen molar-refractivity contribution in [1.82, 2.24) is 15.1 Å². The molecule has 27 heavy (non-hydrogen) atoms. The molecule has 0 spiro atoms. The van der Waals surface area contributed by atoms with E-state index < -0.39 is 0 Å². The Hall–Kier alpha value is -2.79. The van der Waals surface area contributed by atoms with Crippen LogP contribution in [0.4, 0.5) is 0 Å². The Bertz CT molecular complexity index is 923. The van der Waals surface area contributed by atoms with E-state index in [0.29, 0.717) is 22.9 Å². The van der Waals surface area contributed by atoms with Crippen molar-refractivity contribution in [1.29, 1.82) is 0 Å². The standard InChI is InChI=1S/C21H22ClN3O2/c1-3-25-11-10-20(24-25)15(2)23-21(26)17-7-4-6-16(12-17)14-27-19-9-5-8-18(22)13-19/h4-13,15H,3,14H2,1-2H3,(H,23,26). The molecule has 0 aliphatic heterocycles. The van der Waals surface area contributed by atoms with E-state index in [4.69, 9.17) is 16.3 Å². The number of carbonyl (C=O) groups is 1. The largest absolute Gasteiger partial charge is 0.489 e. The first-order valence-electron chi connectivity index (χ1n) is 8.86. The van der Waals surface area contributed by atoms with E-state index >= 15 is 0 Å². The Morgan fingerprint density at radius 1 is 1.22 bits per heavy atom. The second-order valence-corrected chi connectivity index (χ2v) is 6.67. The van der Waals surface area contributed by atoms with Crippen molar-refractivity contribution >= 4 is 17.5 Å². The predicted octanol–water partition coefficient (Wildman–Crippen LogP) is 4.63. The molecule has 0 fully saturated rings. The van der Waals surface area contributed by atoms with Crippen molar-refractivity contribution in [2.24, 2.45) is 0 Å². The van der Waals surface area contributed by atoms with Gasteiger partial charge in [-0.05, 0) is 55.8 Å². The molecule has 3 aromatic rings. The summed E-state index contributed by atoms with van der Waals surface area (Å²) in [5, 5.41) is 8.04. The smallest absolute Gasteiger partial charge is 0.251 e. The summed E-state index contributed by atoms with van der Waals surface area (Å²) in [6.07, 6.45) is 1.91. The molecule has 0 saturated heterocycles. The van der Waals surface area contributed by atoms with Crippen molar-refractivity contribution < 1.29 is 9.53 Å². The summed E-state index contributed by atoms with van der Waals surface area (Å²) in [5.74, 6) is 0.552. The third-order valence-corrected chi connectivity index (χ3v) is 4.40. The van der Waals surface area contributed by atoms with E-state index in [1.54, 1.807) is 18.2 Å². The Balaban J connectivity index is 1.62. The molecule has 2 aromatic carbocycles. The van der Waals surface area contributed by atoms with Gasteiger partial charge in [-0.15, -0.1) is 0 Å².